The molecule has 1 aliphatic carbocycles. The highest BCUT2D eigenvalue weighted by atomic mass is 16.5. The van der Waals surface area contributed by atoms with Crippen LogP contribution in [0.25, 0.3) is 0 Å². The molecule has 3 rings (SSSR count). The third kappa shape index (κ3) is 3.45. The van der Waals surface area contributed by atoms with E-state index >= 15 is 0 Å². The number of carbonyl (C=O) groups is 1. The lowest BCUT2D eigenvalue weighted by Crippen LogP contribution is -2.44. The molecule has 0 atom stereocenters. The van der Waals surface area contributed by atoms with E-state index in [1.165, 1.54) is 0 Å². The number of aryl methyl sites for hydroxylation is 1. The van der Waals surface area contributed by atoms with Crippen molar-refractivity contribution in [2.45, 2.75) is 71.9 Å². The number of hydrogen-bond donors (Lipinski definition) is 1. The lowest BCUT2D eigenvalue weighted by molar-refractivity contribution is 0.0891. The summed E-state index contributed by atoms with van der Waals surface area (Å²) < 4.78 is 7.17. The molecule has 1 N–H and O–H groups in total. The van der Waals surface area contributed by atoms with Crippen LogP contribution in [0.3, 0.4) is 0 Å². The maximum Gasteiger partial charge on any atom is 0.255 e. The average molecular weight is 345 g/mol. The predicted molar refractivity (Wildman–Crippen MR) is 93.1 cm³/mol. The summed E-state index contributed by atoms with van der Waals surface area (Å²) in [5.41, 5.74) is 0.980. The van der Waals surface area contributed by atoms with Gasteiger partial charge >= 0.3 is 0 Å². The van der Waals surface area contributed by atoms with Crippen LogP contribution in [0.1, 0.15) is 74.2 Å². The Kier molecular flexibility index (Phi) is 4.92. The minimum Gasteiger partial charge on any atom is -0.339 e. The molecule has 0 aromatic carbocycles. The minimum absolute atomic E-state index is 0.114. The molecule has 25 heavy (non-hydrogen) atoms. The highest BCUT2D eigenvalue weighted by molar-refractivity contribution is 5.95. The van der Waals surface area contributed by atoms with E-state index in [1.807, 2.05) is 18.5 Å². The number of nitrogens with zero attached hydrogens (tertiary/aromatic N) is 4. The van der Waals surface area contributed by atoms with E-state index in [9.17, 15) is 4.79 Å². The van der Waals surface area contributed by atoms with Gasteiger partial charge < -0.3 is 9.84 Å². The molecule has 7 nitrogen and oxygen atoms in total. The Bertz CT molecular complexity index is 740. The number of aromatic nitrogens is 4. The molecule has 1 saturated carbocycles. The topological polar surface area (TPSA) is 85.8 Å². The van der Waals surface area contributed by atoms with Crippen molar-refractivity contribution in [2.24, 2.45) is 5.92 Å². The van der Waals surface area contributed by atoms with Crippen LogP contribution in [-0.2, 0) is 18.5 Å². The fourth-order valence-electron chi connectivity index (χ4n) is 3.46. The molecule has 0 saturated heterocycles. The van der Waals surface area contributed by atoms with Gasteiger partial charge in [0.15, 0.2) is 5.82 Å². The third-order valence-corrected chi connectivity index (χ3v) is 4.89. The highest BCUT2D eigenvalue weighted by Crippen LogP contribution is 2.37. The predicted octanol–water partition coefficient (Wildman–Crippen LogP) is 2.99. The molecule has 2 aromatic heterocycles. The molecule has 0 radical (unpaired) electrons. The Labute approximate surface area is 148 Å². The van der Waals surface area contributed by atoms with Crippen molar-refractivity contribution >= 4 is 5.91 Å². The van der Waals surface area contributed by atoms with Crippen molar-refractivity contribution < 1.29 is 9.32 Å². The van der Waals surface area contributed by atoms with E-state index in [0.29, 0.717) is 29.6 Å². The van der Waals surface area contributed by atoms with E-state index in [-0.39, 0.29) is 5.91 Å². The van der Waals surface area contributed by atoms with Crippen molar-refractivity contribution in [3.05, 3.63) is 29.2 Å². The normalized spacial score (nSPS) is 16.5. The van der Waals surface area contributed by atoms with E-state index in [2.05, 4.69) is 34.4 Å². The molecule has 2 aromatic rings. The Hall–Kier alpha value is -2.18. The van der Waals surface area contributed by atoms with Crippen LogP contribution in [0, 0.1) is 12.8 Å². The Morgan fingerprint density at radius 3 is 2.72 bits per heavy atom. The Morgan fingerprint density at radius 1 is 1.40 bits per heavy atom. The van der Waals surface area contributed by atoms with Crippen molar-refractivity contribution in [1.29, 1.82) is 0 Å². The molecular formula is C18H27N5O2. The van der Waals surface area contributed by atoms with Crippen LogP contribution in [0.5, 0.6) is 0 Å². The van der Waals surface area contributed by atoms with Crippen LogP contribution < -0.4 is 5.32 Å². The molecule has 1 amide bonds. The summed E-state index contributed by atoms with van der Waals surface area (Å²) in [5.74, 6) is 1.57. The molecular weight excluding hydrogens is 318 g/mol. The zero-order valence-corrected chi connectivity index (χ0v) is 15.5. The van der Waals surface area contributed by atoms with Crippen molar-refractivity contribution in [1.82, 2.24) is 25.2 Å². The lowest BCUT2D eigenvalue weighted by Gasteiger charge is -2.26. The second-order valence-electron chi connectivity index (χ2n) is 7.33. The molecule has 0 spiro atoms. The summed E-state index contributed by atoms with van der Waals surface area (Å²) in [6.45, 7) is 8.99. The van der Waals surface area contributed by atoms with Gasteiger partial charge in [-0.25, -0.2) is 0 Å². The number of nitrogens with one attached hydrogen (secondary N) is 1. The average Bonchev–Trinajstić information content (AvgIpc) is 3.28. The largest absolute Gasteiger partial charge is 0.339 e. The van der Waals surface area contributed by atoms with Gasteiger partial charge in [-0.05, 0) is 25.7 Å². The first-order valence-corrected chi connectivity index (χ1v) is 9.13. The van der Waals surface area contributed by atoms with Crippen LogP contribution in [0.2, 0.25) is 0 Å². The molecule has 136 valence electrons. The number of amides is 1. The number of rotatable bonds is 6. The maximum atomic E-state index is 12.9. The van der Waals surface area contributed by atoms with Crippen LogP contribution in [0.4, 0.5) is 0 Å². The van der Waals surface area contributed by atoms with Gasteiger partial charge in [-0.2, -0.15) is 10.1 Å². The first-order valence-electron chi connectivity index (χ1n) is 9.13. The van der Waals surface area contributed by atoms with E-state index in [0.717, 1.165) is 37.9 Å². The molecule has 0 bridgehead atoms. The SMILES string of the molecule is CCc1nc(C2(NC(=O)c3cnn(CC(C)C)c3C)CCCC2)no1. The lowest BCUT2D eigenvalue weighted by atomic mass is 9.96. The molecule has 0 aliphatic heterocycles. The van der Waals surface area contributed by atoms with Gasteiger partial charge in [0.2, 0.25) is 5.89 Å². The smallest absolute Gasteiger partial charge is 0.255 e. The molecule has 0 unspecified atom stereocenters. The van der Waals surface area contributed by atoms with Crippen molar-refractivity contribution in [3.8, 4) is 0 Å². The zero-order chi connectivity index (χ0) is 18.0. The third-order valence-electron chi connectivity index (χ3n) is 4.89. The molecule has 2 heterocycles. The maximum absolute atomic E-state index is 12.9. The standard InChI is InChI=1S/C18H27N5O2/c1-5-15-20-17(22-25-15)18(8-6-7-9-18)21-16(24)14-10-19-23(13(14)4)11-12(2)3/h10,12H,5-9,11H2,1-4H3,(H,21,24). The van der Waals surface area contributed by atoms with Gasteiger partial charge in [-0.15, -0.1) is 0 Å². The summed E-state index contributed by atoms with van der Waals surface area (Å²) in [6, 6.07) is 0. The van der Waals surface area contributed by atoms with Crippen molar-refractivity contribution in [3.63, 3.8) is 0 Å². The van der Waals surface area contributed by atoms with Gasteiger partial charge in [0.05, 0.1) is 11.8 Å². The van der Waals surface area contributed by atoms with E-state index in [1.54, 1.807) is 6.20 Å². The monoisotopic (exact) mass is 345 g/mol. The van der Waals surface area contributed by atoms with E-state index < -0.39 is 5.54 Å². The van der Waals surface area contributed by atoms with Gasteiger partial charge in [-0.3, -0.25) is 9.48 Å². The minimum atomic E-state index is -0.527. The Morgan fingerprint density at radius 2 is 2.12 bits per heavy atom. The second kappa shape index (κ2) is 6.98. The van der Waals surface area contributed by atoms with Gasteiger partial charge in [0.1, 0.15) is 5.54 Å². The summed E-state index contributed by atoms with van der Waals surface area (Å²) in [4.78, 5) is 17.4. The molecule has 1 aliphatic rings. The quantitative estimate of drug-likeness (QED) is 0.870. The summed E-state index contributed by atoms with van der Waals surface area (Å²) in [7, 11) is 0. The van der Waals surface area contributed by atoms with Crippen LogP contribution >= 0.6 is 0 Å². The highest BCUT2D eigenvalue weighted by Gasteiger charge is 2.41. The Balaban J connectivity index is 1.83. The number of hydrogen-bond acceptors (Lipinski definition) is 5. The fraction of sp³-hybridized carbons (Fsp3) is 0.667. The van der Waals surface area contributed by atoms with Gasteiger partial charge in [-0.1, -0.05) is 38.8 Å². The first kappa shape index (κ1) is 17.6. The van der Waals surface area contributed by atoms with E-state index in [4.69, 9.17) is 4.52 Å². The van der Waals surface area contributed by atoms with Crippen LogP contribution in [0.15, 0.2) is 10.7 Å². The molecule has 1 fully saturated rings. The molecule has 7 heteroatoms. The number of carbonyl (C=O) groups excluding carboxylic acids is 1. The first-order chi connectivity index (χ1) is 11.9. The summed E-state index contributed by atoms with van der Waals surface area (Å²) in [5, 5.41) is 11.7. The summed E-state index contributed by atoms with van der Waals surface area (Å²) >= 11 is 0. The summed E-state index contributed by atoms with van der Waals surface area (Å²) in [6.07, 6.45) is 6.10. The van der Waals surface area contributed by atoms with Crippen molar-refractivity contribution in [2.75, 3.05) is 0 Å². The van der Waals surface area contributed by atoms with Crippen LogP contribution in [-0.4, -0.2) is 25.8 Å². The second-order valence-corrected chi connectivity index (χ2v) is 7.33. The zero-order valence-electron chi connectivity index (χ0n) is 15.5. The van der Waals surface area contributed by atoms with Gasteiger partial charge in [0.25, 0.3) is 5.91 Å². The van der Waals surface area contributed by atoms with Gasteiger partial charge in [0, 0.05) is 18.7 Å². The fourth-order valence-corrected chi connectivity index (χ4v) is 3.46.